The molecule has 0 radical (unpaired) electrons. The summed E-state index contributed by atoms with van der Waals surface area (Å²) in [6.07, 6.45) is 0. The van der Waals surface area contributed by atoms with E-state index in [-0.39, 0.29) is 0 Å². The van der Waals surface area contributed by atoms with Crippen molar-refractivity contribution >= 4 is 0 Å². The van der Waals surface area contributed by atoms with E-state index in [0.717, 1.165) is 11.5 Å². The molecule has 0 spiro atoms. The molecule has 2 rings (SSSR count). The number of methoxy groups -OCH3 is 2. The van der Waals surface area contributed by atoms with Gasteiger partial charge in [0.15, 0.2) is 11.5 Å². The van der Waals surface area contributed by atoms with E-state index < -0.39 is 0 Å². The first-order valence-corrected chi connectivity index (χ1v) is 5.46. The standard InChI is InChI=1S/C8H10O2.C7H8/c1-9-7-5-3-4-6-8(7)10-2;1-7-5-3-2-4-6-7/h3-6H,1-2H3;2-6H,1H3. The zero-order valence-electron chi connectivity index (χ0n) is 10.5. The lowest BCUT2D eigenvalue weighted by Gasteiger charge is -2.04. The SMILES string of the molecule is COc1ccccc1OC.Cc1ccccc1. The molecular formula is C15H18O2. The van der Waals surface area contributed by atoms with Crippen LogP contribution in [0.1, 0.15) is 5.56 Å². The molecule has 0 saturated carbocycles. The van der Waals surface area contributed by atoms with E-state index >= 15 is 0 Å². The Hall–Kier alpha value is -1.96. The predicted octanol–water partition coefficient (Wildman–Crippen LogP) is 3.70. The largest absolute Gasteiger partial charge is 0.493 e. The molecule has 0 saturated heterocycles. The Balaban J connectivity index is 0.000000181. The lowest BCUT2D eigenvalue weighted by Crippen LogP contribution is -1.88. The van der Waals surface area contributed by atoms with Crippen LogP contribution in [-0.2, 0) is 0 Å². The Kier molecular flexibility index (Phi) is 5.66. The van der Waals surface area contributed by atoms with Gasteiger partial charge in [-0.2, -0.15) is 0 Å². The summed E-state index contributed by atoms with van der Waals surface area (Å²) in [7, 11) is 3.25. The van der Waals surface area contributed by atoms with Crippen LogP contribution in [0.4, 0.5) is 0 Å². The minimum absolute atomic E-state index is 0.769. The van der Waals surface area contributed by atoms with Gasteiger partial charge in [-0.05, 0) is 19.1 Å². The monoisotopic (exact) mass is 230 g/mol. The normalized spacial score (nSPS) is 8.88. The van der Waals surface area contributed by atoms with E-state index in [4.69, 9.17) is 9.47 Å². The van der Waals surface area contributed by atoms with Crippen LogP contribution in [0.15, 0.2) is 54.6 Å². The fraction of sp³-hybridized carbons (Fsp3) is 0.200. The molecule has 2 aromatic rings. The number of benzene rings is 2. The molecule has 2 heteroatoms. The van der Waals surface area contributed by atoms with Gasteiger partial charge in [-0.15, -0.1) is 0 Å². The van der Waals surface area contributed by atoms with Gasteiger partial charge in [0.2, 0.25) is 0 Å². The highest BCUT2D eigenvalue weighted by atomic mass is 16.5. The van der Waals surface area contributed by atoms with E-state index in [1.165, 1.54) is 5.56 Å². The van der Waals surface area contributed by atoms with Gasteiger partial charge in [-0.1, -0.05) is 48.0 Å². The van der Waals surface area contributed by atoms with Gasteiger partial charge in [-0.3, -0.25) is 0 Å². The van der Waals surface area contributed by atoms with E-state index in [1.54, 1.807) is 14.2 Å². The first-order chi connectivity index (χ1) is 8.27. The lowest BCUT2D eigenvalue weighted by molar-refractivity contribution is 0.355. The smallest absolute Gasteiger partial charge is 0.160 e. The molecule has 0 bridgehead atoms. The van der Waals surface area contributed by atoms with Crippen LogP contribution >= 0.6 is 0 Å². The van der Waals surface area contributed by atoms with E-state index in [0.29, 0.717) is 0 Å². The summed E-state index contributed by atoms with van der Waals surface area (Å²) in [5, 5.41) is 0. The summed E-state index contributed by atoms with van der Waals surface area (Å²) in [6, 6.07) is 17.8. The Bertz CT molecular complexity index is 401. The molecule has 0 aliphatic carbocycles. The molecule has 2 aromatic carbocycles. The van der Waals surface area contributed by atoms with Gasteiger partial charge >= 0.3 is 0 Å². The number of aryl methyl sites for hydroxylation is 1. The predicted molar refractivity (Wildman–Crippen MR) is 70.7 cm³/mol. The Labute approximate surface area is 103 Å². The van der Waals surface area contributed by atoms with Crippen LogP contribution in [0, 0.1) is 6.92 Å². The van der Waals surface area contributed by atoms with Crippen molar-refractivity contribution in [1.29, 1.82) is 0 Å². The highest BCUT2D eigenvalue weighted by Gasteiger charge is 1.97. The van der Waals surface area contributed by atoms with Crippen molar-refractivity contribution in [2.75, 3.05) is 14.2 Å². The molecule has 0 unspecified atom stereocenters. The maximum absolute atomic E-state index is 5.01. The minimum Gasteiger partial charge on any atom is -0.493 e. The van der Waals surface area contributed by atoms with E-state index in [1.807, 2.05) is 42.5 Å². The summed E-state index contributed by atoms with van der Waals surface area (Å²) >= 11 is 0. The van der Waals surface area contributed by atoms with Crippen LogP contribution in [0.25, 0.3) is 0 Å². The molecule has 17 heavy (non-hydrogen) atoms. The molecular weight excluding hydrogens is 212 g/mol. The number of hydrogen-bond acceptors (Lipinski definition) is 2. The average molecular weight is 230 g/mol. The Morgan fingerprint density at radius 1 is 0.647 bits per heavy atom. The number of ether oxygens (including phenoxy) is 2. The maximum atomic E-state index is 5.01. The molecule has 0 N–H and O–H groups in total. The second-order valence-electron chi connectivity index (χ2n) is 3.51. The average Bonchev–Trinajstić information content (AvgIpc) is 2.40. The van der Waals surface area contributed by atoms with Crippen molar-refractivity contribution in [2.24, 2.45) is 0 Å². The summed E-state index contributed by atoms with van der Waals surface area (Å²) in [5.74, 6) is 1.54. The molecule has 0 atom stereocenters. The molecule has 0 aromatic heterocycles. The summed E-state index contributed by atoms with van der Waals surface area (Å²) < 4.78 is 10.0. The van der Waals surface area contributed by atoms with Gasteiger partial charge in [-0.25, -0.2) is 0 Å². The fourth-order valence-corrected chi connectivity index (χ4v) is 1.32. The second-order valence-corrected chi connectivity index (χ2v) is 3.51. The van der Waals surface area contributed by atoms with Gasteiger partial charge in [0.05, 0.1) is 14.2 Å². The van der Waals surface area contributed by atoms with Crippen molar-refractivity contribution < 1.29 is 9.47 Å². The van der Waals surface area contributed by atoms with Crippen molar-refractivity contribution in [3.63, 3.8) is 0 Å². The zero-order valence-corrected chi connectivity index (χ0v) is 10.5. The quantitative estimate of drug-likeness (QED) is 0.783. The van der Waals surface area contributed by atoms with E-state index in [9.17, 15) is 0 Å². The van der Waals surface area contributed by atoms with Crippen LogP contribution in [0.3, 0.4) is 0 Å². The van der Waals surface area contributed by atoms with Gasteiger partial charge in [0, 0.05) is 0 Å². The maximum Gasteiger partial charge on any atom is 0.160 e. The van der Waals surface area contributed by atoms with Gasteiger partial charge in [0.1, 0.15) is 0 Å². The van der Waals surface area contributed by atoms with Crippen LogP contribution in [-0.4, -0.2) is 14.2 Å². The fourth-order valence-electron chi connectivity index (χ4n) is 1.32. The third kappa shape index (κ3) is 4.60. The van der Waals surface area contributed by atoms with Crippen LogP contribution in [0.5, 0.6) is 11.5 Å². The van der Waals surface area contributed by atoms with Crippen LogP contribution in [0.2, 0.25) is 0 Å². The van der Waals surface area contributed by atoms with Crippen LogP contribution < -0.4 is 9.47 Å². The summed E-state index contributed by atoms with van der Waals surface area (Å²) in [4.78, 5) is 0. The van der Waals surface area contributed by atoms with E-state index in [2.05, 4.69) is 19.1 Å². The molecule has 2 nitrogen and oxygen atoms in total. The third-order valence-corrected chi connectivity index (χ3v) is 2.23. The number of para-hydroxylation sites is 2. The number of hydrogen-bond donors (Lipinski definition) is 0. The van der Waals surface area contributed by atoms with Crippen molar-refractivity contribution in [3.05, 3.63) is 60.2 Å². The number of rotatable bonds is 2. The molecule has 0 aliphatic heterocycles. The third-order valence-electron chi connectivity index (χ3n) is 2.23. The first-order valence-electron chi connectivity index (χ1n) is 5.46. The summed E-state index contributed by atoms with van der Waals surface area (Å²) in [5.41, 5.74) is 1.32. The van der Waals surface area contributed by atoms with Crippen molar-refractivity contribution in [1.82, 2.24) is 0 Å². The highest BCUT2D eigenvalue weighted by Crippen LogP contribution is 2.24. The zero-order chi connectivity index (χ0) is 12.5. The molecule has 0 fully saturated rings. The topological polar surface area (TPSA) is 18.5 Å². The molecule has 90 valence electrons. The molecule has 0 aliphatic rings. The van der Waals surface area contributed by atoms with Crippen molar-refractivity contribution in [3.8, 4) is 11.5 Å². The lowest BCUT2D eigenvalue weighted by atomic mass is 10.2. The minimum atomic E-state index is 0.769. The Morgan fingerprint density at radius 2 is 1.06 bits per heavy atom. The van der Waals surface area contributed by atoms with Gasteiger partial charge < -0.3 is 9.47 Å². The first kappa shape index (κ1) is 13.1. The van der Waals surface area contributed by atoms with Gasteiger partial charge in [0.25, 0.3) is 0 Å². The second kappa shape index (κ2) is 7.34. The molecule has 0 amide bonds. The summed E-state index contributed by atoms with van der Waals surface area (Å²) in [6.45, 7) is 2.08. The Morgan fingerprint density at radius 3 is 1.35 bits per heavy atom. The van der Waals surface area contributed by atoms with Crippen molar-refractivity contribution in [2.45, 2.75) is 6.92 Å². The molecule has 0 heterocycles. The highest BCUT2D eigenvalue weighted by molar-refractivity contribution is 5.39.